The molecule has 0 radical (unpaired) electrons. The second-order valence-corrected chi connectivity index (χ2v) is 4.49. The van der Waals surface area contributed by atoms with Crippen LogP contribution in [0.4, 0.5) is 0 Å². The third-order valence-corrected chi connectivity index (χ3v) is 2.92. The summed E-state index contributed by atoms with van der Waals surface area (Å²) in [6.07, 6.45) is 3.25. The third-order valence-electron chi connectivity index (χ3n) is 2.76. The Morgan fingerprint density at radius 2 is 1.65 bits per heavy atom. The van der Waals surface area contributed by atoms with E-state index in [4.69, 9.17) is 21.7 Å². The average Bonchev–Trinajstić information content (AvgIpc) is 2.48. The Kier molecular flexibility index (Phi) is 3.56. The van der Waals surface area contributed by atoms with Crippen LogP contribution in [-0.4, -0.2) is 10.2 Å². The van der Waals surface area contributed by atoms with Crippen molar-refractivity contribution in [2.24, 2.45) is 0 Å². The number of pyridine rings is 1. The number of thiocarbonyl (C=S) groups is 1. The molecule has 0 saturated carbocycles. The van der Waals surface area contributed by atoms with Crippen molar-refractivity contribution < 1.29 is 9.47 Å². The van der Waals surface area contributed by atoms with Gasteiger partial charge in [-0.1, -0.05) is 30.3 Å². The molecule has 0 bridgehead atoms. The number of rotatable bonds is 2. The molecular weight excluding hydrogens is 270 g/mol. The van der Waals surface area contributed by atoms with Crippen LogP contribution < -0.4 is 9.47 Å². The molecule has 0 aliphatic rings. The molecule has 0 spiro atoms. The van der Waals surface area contributed by atoms with Crippen LogP contribution in [0, 0.1) is 0 Å². The van der Waals surface area contributed by atoms with Crippen molar-refractivity contribution in [2.45, 2.75) is 0 Å². The lowest BCUT2D eigenvalue weighted by molar-refractivity contribution is 0.403. The van der Waals surface area contributed by atoms with Gasteiger partial charge in [-0.25, -0.2) is 0 Å². The first-order valence-corrected chi connectivity index (χ1v) is 6.50. The zero-order valence-corrected chi connectivity index (χ0v) is 11.3. The van der Waals surface area contributed by atoms with Crippen molar-refractivity contribution in [3.05, 3.63) is 67.0 Å². The lowest BCUT2D eigenvalue weighted by Gasteiger charge is -2.08. The largest absolute Gasteiger partial charge is 0.417 e. The lowest BCUT2D eigenvalue weighted by Crippen LogP contribution is -2.13. The highest BCUT2D eigenvalue weighted by molar-refractivity contribution is 7.79. The van der Waals surface area contributed by atoms with E-state index in [1.165, 1.54) is 0 Å². The maximum absolute atomic E-state index is 5.51. The molecular formula is C16H11NO2S. The molecule has 0 atom stereocenters. The lowest BCUT2D eigenvalue weighted by atomic mass is 10.1. The van der Waals surface area contributed by atoms with Crippen LogP contribution in [0.1, 0.15) is 0 Å². The number of hydrogen-bond donors (Lipinski definition) is 0. The summed E-state index contributed by atoms with van der Waals surface area (Å²) < 4.78 is 10.9. The summed E-state index contributed by atoms with van der Waals surface area (Å²) in [7, 11) is 0. The normalized spacial score (nSPS) is 10.2. The Bertz CT molecular complexity index is 744. The van der Waals surface area contributed by atoms with Crippen molar-refractivity contribution in [1.82, 2.24) is 4.98 Å². The van der Waals surface area contributed by atoms with Gasteiger partial charge < -0.3 is 9.47 Å². The summed E-state index contributed by atoms with van der Waals surface area (Å²) in [5.41, 5.74) is 0. The molecule has 20 heavy (non-hydrogen) atoms. The molecule has 4 heteroatoms. The summed E-state index contributed by atoms with van der Waals surface area (Å²) in [6.45, 7) is 0. The first-order valence-electron chi connectivity index (χ1n) is 6.10. The van der Waals surface area contributed by atoms with Crippen LogP contribution in [0.15, 0.2) is 67.0 Å². The average molecular weight is 281 g/mol. The predicted molar refractivity (Wildman–Crippen MR) is 82.0 cm³/mol. The van der Waals surface area contributed by atoms with E-state index in [1.807, 2.05) is 42.5 Å². The van der Waals surface area contributed by atoms with Crippen molar-refractivity contribution in [2.75, 3.05) is 0 Å². The molecule has 0 fully saturated rings. The van der Waals surface area contributed by atoms with Crippen LogP contribution >= 0.6 is 12.2 Å². The number of fused-ring (bicyclic) bond motifs is 1. The number of hydrogen-bond acceptors (Lipinski definition) is 4. The molecule has 98 valence electrons. The number of aromatic nitrogens is 1. The summed E-state index contributed by atoms with van der Waals surface area (Å²) in [5.74, 6) is 1.20. The monoisotopic (exact) mass is 281 g/mol. The molecule has 3 nitrogen and oxygen atoms in total. The zero-order valence-electron chi connectivity index (χ0n) is 10.5. The van der Waals surface area contributed by atoms with Crippen LogP contribution in [0.3, 0.4) is 0 Å². The van der Waals surface area contributed by atoms with Crippen molar-refractivity contribution in [3.8, 4) is 11.5 Å². The number of benzene rings is 2. The van der Waals surface area contributed by atoms with Gasteiger partial charge in [0.1, 0.15) is 11.5 Å². The minimum Gasteiger partial charge on any atom is -0.417 e. The van der Waals surface area contributed by atoms with Crippen molar-refractivity contribution >= 4 is 28.2 Å². The van der Waals surface area contributed by atoms with E-state index in [0.29, 0.717) is 11.5 Å². The van der Waals surface area contributed by atoms with Gasteiger partial charge in [0.15, 0.2) is 0 Å². The fourth-order valence-corrected chi connectivity index (χ4v) is 2.04. The van der Waals surface area contributed by atoms with Gasteiger partial charge in [0.05, 0.1) is 6.20 Å². The summed E-state index contributed by atoms with van der Waals surface area (Å²) in [6, 6.07) is 17.4. The van der Waals surface area contributed by atoms with Crippen molar-refractivity contribution in [3.63, 3.8) is 0 Å². The fourth-order valence-electron chi connectivity index (χ4n) is 1.85. The van der Waals surface area contributed by atoms with E-state index in [1.54, 1.807) is 24.5 Å². The number of ether oxygens (including phenoxy) is 2. The highest BCUT2D eigenvalue weighted by Crippen LogP contribution is 2.21. The van der Waals surface area contributed by atoms with Gasteiger partial charge in [0.25, 0.3) is 0 Å². The number of nitrogens with zero attached hydrogens (tertiary/aromatic N) is 1. The Morgan fingerprint density at radius 3 is 2.45 bits per heavy atom. The van der Waals surface area contributed by atoms with Crippen LogP contribution in [0.2, 0.25) is 0 Å². The van der Waals surface area contributed by atoms with E-state index in [-0.39, 0.29) is 5.24 Å². The first-order chi connectivity index (χ1) is 9.81. The van der Waals surface area contributed by atoms with Crippen LogP contribution in [0.5, 0.6) is 11.5 Å². The Hall–Kier alpha value is -2.46. The van der Waals surface area contributed by atoms with E-state index < -0.39 is 0 Å². The zero-order chi connectivity index (χ0) is 13.8. The molecule has 3 aromatic rings. The molecule has 0 aliphatic carbocycles. The highest BCUT2D eigenvalue weighted by atomic mass is 32.1. The summed E-state index contributed by atoms with van der Waals surface area (Å²) in [5, 5.41) is 2.29. The molecule has 2 aromatic carbocycles. The van der Waals surface area contributed by atoms with Gasteiger partial charge in [-0.15, -0.1) is 0 Å². The van der Waals surface area contributed by atoms with E-state index >= 15 is 0 Å². The molecule has 0 unspecified atom stereocenters. The Morgan fingerprint density at radius 1 is 0.850 bits per heavy atom. The maximum Gasteiger partial charge on any atom is 0.363 e. The van der Waals surface area contributed by atoms with Gasteiger partial charge in [0, 0.05) is 18.4 Å². The molecule has 1 aromatic heterocycles. The van der Waals surface area contributed by atoms with Crippen molar-refractivity contribution in [1.29, 1.82) is 0 Å². The maximum atomic E-state index is 5.51. The first kappa shape index (κ1) is 12.6. The van der Waals surface area contributed by atoms with Gasteiger partial charge in [-0.3, -0.25) is 4.98 Å². The fraction of sp³-hybridized carbons (Fsp3) is 0. The topological polar surface area (TPSA) is 31.4 Å². The predicted octanol–water partition coefficient (Wildman–Crippen LogP) is 3.98. The Labute approximate surface area is 121 Å². The van der Waals surface area contributed by atoms with E-state index in [0.717, 1.165) is 10.8 Å². The standard InChI is InChI=1S/C16H11NO2S/c20-16(19-15-6-3-9-17-11-15)18-14-8-7-12-4-1-2-5-13(12)10-14/h1-11H. The molecule has 0 amide bonds. The molecule has 0 N–H and O–H groups in total. The molecule has 3 rings (SSSR count). The van der Waals surface area contributed by atoms with Gasteiger partial charge >= 0.3 is 5.24 Å². The van der Waals surface area contributed by atoms with E-state index in [9.17, 15) is 0 Å². The van der Waals surface area contributed by atoms with Gasteiger partial charge in [-0.2, -0.15) is 0 Å². The SMILES string of the molecule is S=C(Oc1cccnc1)Oc1ccc2ccccc2c1. The molecule has 0 saturated heterocycles. The minimum atomic E-state index is 0.0493. The van der Waals surface area contributed by atoms with Gasteiger partial charge in [0.2, 0.25) is 0 Å². The molecule has 1 heterocycles. The molecule has 0 aliphatic heterocycles. The smallest absolute Gasteiger partial charge is 0.363 e. The second kappa shape index (κ2) is 5.67. The summed E-state index contributed by atoms with van der Waals surface area (Å²) >= 11 is 5.07. The Balaban J connectivity index is 1.74. The van der Waals surface area contributed by atoms with Gasteiger partial charge in [-0.05, 0) is 35.0 Å². The quantitative estimate of drug-likeness (QED) is 0.665. The van der Waals surface area contributed by atoms with Crippen LogP contribution in [0.25, 0.3) is 10.8 Å². The third kappa shape index (κ3) is 2.92. The second-order valence-electron chi connectivity index (χ2n) is 4.15. The minimum absolute atomic E-state index is 0.0493. The highest BCUT2D eigenvalue weighted by Gasteiger charge is 2.04. The van der Waals surface area contributed by atoms with E-state index in [2.05, 4.69) is 4.98 Å². The summed E-state index contributed by atoms with van der Waals surface area (Å²) in [4.78, 5) is 3.95. The van der Waals surface area contributed by atoms with Crippen LogP contribution in [-0.2, 0) is 0 Å².